The number of rotatable bonds is 7. The highest BCUT2D eigenvalue weighted by Gasteiger charge is 2.41. The van der Waals surface area contributed by atoms with Gasteiger partial charge in [0.1, 0.15) is 6.04 Å². The second kappa shape index (κ2) is 9.14. The Morgan fingerprint density at radius 1 is 1.26 bits per heavy atom. The van der Waals surface area contributed by atoms with Crippen molar-refractivity contribution < 1.29 is 28.6 Å². The maximum atomic E-state index is 12.6. The smallest absolute Gasteiger partial charge is 0.328 e. The molecule has 146 valence electrons. The lowest BCUT2D eigenvalue weighted by molar-refractivity contribution is -0.148. The summed E-state index contributed by atoms with van der Waals surface area (Å²) >= 11 is 7.02. The monoisotopic (exact) mass is 413 g/mol. The van der Waals surface area contributed by atoms with Crippen molar-refractivity contribution in [3.05, 3.63) is 27.6 Å². The van der Waals surface area contributed by atoms with E-state index >= 15 is 0 Å². The number of hydrogen-bond acceptors (Lipinski definition) is 7. The summed E-state index contributed by atoms with van der Waals surface area (Å²) in [6, 6.07) is 2.29. The van der Waals surface area contributed by atoms with E-state index in [0.717, 1.165) is 16.7 Å². The summed E-state index contributed by atoms with van der Waals surface area (Å²) in [7, 11) is 1.20. The van der Waals surface area contributed by atoms with Crippen LogP contribution in [0.4, 0.5) is 4.79 Å². The first-order valence-electron chi connectivity index (χ1n) is 8.28. The molecular formula is C18H20ClNO6S. The van der Waals surface area contributed by atoms with Crippen molar-refractivity contribution in [1.82, 2.24) is 4.90 Å². The molecule has 1 aliphatic heterocycles. The minimum atomic E-state index is -1.00. The molecule has 9 heteroatoms. The van der Waals surface area contributed by atoms with Gasteiger partial charge in [-0.15, -0.1) is 0 Å². The van der Waals surface area contributed by atoms with Gasteiger partial charge in [0.25, 0.3) is 11.1 Å². The molecule has 1 fully saturated rings. The highest BCUT2D eigenvalue weighted by molar-refractivity contribution is 8.18. The maximum Gasteiger partial charge on any atom is 0.328 e. The molecule has 0 radical (unpaired) electrons. The molecule has 0 N–H and O–H groups in total. The van der Waals surface area contributed by atoms with Gasteiger partial charge in [0.05, 0.1) is 30.3 Å². The van der Waals surface area contributed by atoms with E-state index in [1.807, 2.05) is 13.8 Å². The number of benzene rings is 1. The third kappa shape index (κ3) is 4.56. The quantitative estimate of drug-likeness (QED) is 0.497. The fraction of sp³-hybridized carbons (Fsp3) is 0.389. The number of thioether (sulfide) groups is 1. The lowest BCUT2D eigenvalue weighted by Gasteiger charge is -2.18. The van der Waals surface area contributed by atoms with Gasteiger partial charge < -0.3 is 14.2 Å². The zero-order valence-electron chi connectivity index (χ0n) is 15.4. The van der Waals surface area contributed by atoms with Crippen LogP contribution in [0.25, 0.3) is 6.08 Å². The summed E-state index contributed by atoms with van der Waals surface area (Å²) in [6.07, 6.45) is 1.53. The number of ether oxygens (including phenoxy) is 3. The molecule has 1 atom stereocenters. The van der Waals surface area contributed by atoms with Gasteiger partial charge in [-0.25, -0.2) is 4.79 Å². The van der Waals surface area contributed by atoms with Gasteiger partial charge in [-0.1, -0.05) is 11.6 Å². The number of halogens is 1. The SMILES string of the molecule is CCOc1cc(/C=C2/SC(=O)N([C@@H](C)C(=O)OC)C2=O)cc(Cl)c1OCC. The van der Waals surface area contributed by atoms with E-state index < -0.39 is 23.2 Å². The first-order chi connectivity index (χ1) is 12.8. The summed E-state index contributed by atoms with van der Waals surface area (Å²) in [5, 5.41) is -0.206. The number of hydrogen-bond donors (Lipinski definition) is 0. The van der Waals surface area contributed by atoms with E-state index in [9.17, 15) is 14.4 Å². The third-order valence-corrected chi connectivity index (χ3v) is 4.84. The molecule has 2 amide bonds. The van der Waals surface area contributed by atoms with Crippen LogP contribution in [-0.4, -0.2) is 48.4 Å². The molecule has 1 aromatic rings. The van der Waals surface area contributed by atoms with Crippen LogP contribution < -0.4 is 9.47 Å². The number of carbonyl (C=O) groups excluding carboxylic acids is 3. The molecule has 0 aliphatic carbocycles. The van der Waals surface area contributed by atoms with E-state index in [4.69, 9.17) is 21.1 Å². The Morgan fingerprint density at radius 2 is 1.93 bits per heavy atom. The van der Waals surface area contributed by atoms with Crippen molar-refractivity contribution in [3.63, 3.8) is 0 Å². The van der Waals surface area contributed by atoms with Crippen LogP contribution in [0.5, 0.6) is 11.5 Å². The van der Waals surface area contributed by atoms with Crippen LogP contribution in [0.3, 0.4) is 0 Å². The molecule has 1 heterocycles. The normalized spacial score (nSPS) is 16.6. The summed E-state index contributed by atoms with van der Waals surface area (Å²) < 4.78 is 15.7. The average Bonchev–Trinajstić information content (AvgIpc) is 2.90. The number of methoxy groups -OCH3 is 1. The van der Waals surface area contributed by atoms with Crippen molar-refractivity contribution in [3.8, 4) is 11.5 Å². The van der Waals surface area contributed by atoms with Crippen molar-refractivity contribution in [2.24, 2.45) is 0 Å². The lowest BCUT2D eigenvalue weighted by atomic mass is 10.1. The molecule has 0 aromatic heterocycles. The molecule has 0 saturated carbocycles. The summed E-state index contributed by atoms with van der Waals surface area (Å²) in [5.41, 5.74) is 0.572. The van der Waals surface area contributed by atoms with Crippen molar-refractivity contribution >= 4 is 46.6 Å². The first kappa shape index (κ1) is 21.1. The van der Waals surface area contributed by atoms with Crippen molar-refractivity contribution in [2.45, 2.75) is 26.8 Å². The van der Waals surface area contributed by atoms with Gasteiger partial charge in [-0.3, -0.25) is 14.5 Å². The third-order valence-electron chi connectivity index (χ3n) is 3.67. The van der Waals surface area contributed by atoms with Gasteiger partial charge in [-0.05, 0) is 56.3 Å². The molecule has 0 bridgehead atoms. The summed E-state index contributed by atoms with van der Waals surface area (Å²) in [5.74, 6) is -0.363. The van der Waals surface area contributed by atoms with Crippen molar-refractivity contribution in [2.75, 3.05) is 20.3 Å². The van der Waals surface area contributed by atoms with E-state index in [-0.39, 0.29) is 4.91 Å². The first-order valence-corrected chi connectivity index (χ1v) is 9.47. The van der Waals surface area contributed by atoms with Crippen LogP contribution >= 0.6 is 23.4 Å². The van der Waals surface area contributed by atoms with Crippen LogP contribution in [0, 0.1) is 0 Å². The highest BCUT2D eigenvalue weighted by atomic mass is 35.5. The Bertz CT molecular complexity index is 794. The fourth-order valence-corrected chi connectivity index (χ4v) is 3.64. The minimum absolute atomic E-state index is 0.179. The fourth-order valence-electron chi connectivity index (χ4n) is 2.46. The molecule has 2 rings (SSSR count). The average molecular weight is 414 g/mol. The molecule has 7 nitrogen and oxygen atoms in total. The largest absolute Gasteiger partial charge is 0.490 e. The Morgan fingerprint density at radius 3 is 2.52 bits per heavy atom. The summed E-state index contributed by atoms with van der Waals surface area (Å²) in [6.45, 7) is 5.93. The summed E-state index contributed by atoms with van der Waals surface area (Å²) in [4.78, 5) is 37.5. The van der Waals surface area contributed by atoms with Gasteiger partial charge in [0, 0.05) is 0 Å². The zero-order valence-corrected chi connectivity index (χ0v) is 17.0. The second-order valence-electron chi connectivity index (χ2n) is 5.45. The standard InChI is InChI=1S/C18H20ClNO6S/c1-5-25-13-8-11(7-12(19)15(13)26-6-2)9-14-16(21)20(18(23)27-14)10(3)17(22)24-4/h7-10H,5-6H2,1-4H3/b14-9+/t10-/m0/s1. The van der Waals surface area contributed by atoms with Crippen LogP contribution in [-0.2, 0) is 14.3 Å². The van der Waals surface area contributed by atoms with Crippen LogP contribution in [0.2, 0.25) is 5.02 Å². The van der Waals surface area contributed by atoms with Crippen LogP contribution in [0.15, 0.2) is 17.0 Å². The van der Waals surface area contributed by atoms with E-state index in [1.54, 1.807) is 12.1 Å². The van der Waals surface area contributed by atoms with E-state index in [2.05, 4.69) is 4.74 Å². The molecule has 0 unspecified atom stereocenters. The van der Waals surface area contributed by atoms with Gasteiger partial charge >= 0.3 is 5.97 Å². The zero-order chi connectivity index (χ0) is 20.1. The predicted molar refractivity (Wildman–Crippen MR) is 103 cm³/mol. The predicted octanol–water partition coefficient (Wildman–Crippen LogP) is 3.74. The Hall–Kier alpha value is -2.19. The van der Waals surface area contributed by atoms with Gasteiger partial charge in [0.2, 0.25) is 0 Å². The topological polar surface area (TPSA) is 82.1 Å². The Kier molecular flexibility index (Phi) is 7.15. The van der Waals surface area contributed by atoms with Gasteiger partial charge in [0.15, 0.2) is 11.5 Å². The van der Waals surface area contributed by atoms with Crippen molar-refractivity contribution in [1.29, 1.82) is 0 Å². The Labute approximate surface area is 166 Å². The lowest BCUT2D eigenvalue weighted by Crippen LogP contribution is -2.42. The van der Waals surface area contributed by atoms with E-state index in [1.165, 1.54) is 20.1 Å². The number of nitrogens with zero attached hydrogens (tertiary/aromatic N) is 1. The molecule has 1 aliphatic rings. The number of esters is 1. The molecule has 1 aromatic carbocycles. The molecular weight excluding hydrogens is 394 g/mol. The second-order valence-corrected chi connectivity index (χ2v) is 6.85. The number of carbonyl (C=O) groups is 3. The van der Waals surface area contributed by atoms with E-state index in [0.29, 0.717) is 35.3 Å². The number of imide groups is 1. The molecule has 0 spiro atoms. The van der Waals surface area contributed by atoms with Crippen LogP contribution in [0.1, 0.15) is 26.3 Å². The number of amides is 2. The maximum absolute atomic E-state index is 12.6. The molecule has 27 heavy (non-hydrogen) atoms. The Balaban J connectivity index is 2.37. The van der Waals surface area contributed by atoms with Gasteiger partial charge in [-0.2, -0.15) is 0 Å². The highest BCUT2D eigenvalue weighted by Crippen LogP contribution is 2.39. The molecule has 1 saturated heterocycles. The minimum Gasteiger partial charge on any atom is -0.490 e.